The summed E-state index contributed by atoms with van der Waals surface area (Å²) in [5.41, 5.74) is 2.16. The van der Waals surface area contributed by atoms with Crippen LogP contribution in [0.2, 0.25) is 0 Å². The van der Waals surface area contributed by atoms with Crippen LogP contribution in [0.25, 0.3) is 11.5 Å². The van der Waals surface area contributed by atoms with Crippen molar-refractivity contribution in [3.63, 3.8) is 0 Å². The van der Waals surface area contributed by atoms with Crippen LogP contribution < -0.4 is 5.46 Å². The standard InChI is InChI=1S/C9H9BN2O/c1-6-11-12-9(13-6)7-3-2-4-8(10)5-7/h2-5H,10H2,1H3. The molecule has 0 saturated carbocycles. The molecule has 0 unspecified atom stereocenters. The van der Waals surface area contributed by atoms with E-state index in [0.29, 0.717) is 11.8 Å². The first-order chi connectivity index (χ1) is 6.25. The Kier molecular flexibility index (Phi) is 1.89. The van der Waals surface area contributed by atoms with E-state index >= 15 is 0 Å². The van der Waals surface area contributed by atoms with Crippen molar-refractivity contribution in [1.82, 2.24) is 10.2 Å². The molecule has 2 aromatic rings. The largest absolute Gasteiger partial charge is 0.421 e. The highest BCUT2D eigenvalue weighted by atomic mass is 16.4. The highest BCUT2D eigenvalue weighted by Crippen LogP contribution is 2.15. The fourth-order valence-corrected chi connectivity index (χ4v) is 1.19. The molecule has 0 N–H and O–H groups in total. The molecular weight excluding hydrogens is 163 g/mol. The zero-order valence-corrected chi connectivity index (χ0v) is 7.61. The van der Waals surface area contributed by atoms with Gasteiger partial charge in [0, 0.05) is 12.5 Å². The summed E-state index contributed by atoms with van der Waals surface area (Å²) in [4.78, 5) is 0. The minimum absolute atomic E-state index is 0.584. The van der Waals surface area contributed by atoms with Gasteiger partial charge in [-0.1, -0.05) is 23.7 Å². The van der Waals surface area contributed by atoms with Crippen LogP contribution >= 0.6 is 0 Å². The first kappa shape index (κ1) is 8.04. The molecule has 1 heterocycles. The van der Waals surface area contributed by atoms with Crippen LogP contribution in [0.3, 0.4) is 0 Å². The second-order valence-corrected chi connectivity index (χ2v) is 3.00. The third kappa shape index (κ3) is 1.61. The summed E-state index contributed by atoms with van der Waals surface area (Å²) in [6.45, 7) is 1.78. The van der Waals surface area contributed by atoms with Gasteiger partial charge in [-0.15, -0.1) is 10.2 Å². The molecule has 64 valence electrons. The number of nitrogens with zero attached hydrogens (tertiary/aromatic N) is 2. The molecule has 0 bridgehead atoms. The van der Waals surface area contributed by atoms with Crippen LogP contribution in [0.4, 0.5) is 0 Å². The summed E-state index contributed by atoms with van der Waals surface area (Å²) in [6.07, 6.45) is 0. The highest BCUT2D eigenvalue weighted by Gasteiger charge is 2.04. The van der Waals surface area contributed by atoms with Crippen molar-refractivity contribution in [2.45, 2.75) is 6.92 Å². The van der Waals surface area contributed by atoms with Gasteiger partial charge in [-0.05, 0) is 6.07 Å². The predicted molar refractivity (Wildman–Crippen MR) is 52.6 cm³/mol. The lowest BCUT2D eigenvalue weighted by atomic mass is 9.94. The van der Waals surface area contributed by atoms with Gasteiger partial charge in [0.15, 0.2) is 0 Å². The Morgan fingerprint density at radius 2 is 2.15 bits per heavy atom. The lowest BCUT2D eigenvalue weighted by molar-refractivity contribution is 0.533. The van der Waals surface area contributed by atoms with Crippen molar-refractivity contribution >= 4 is 13.3 Å². The molecule has 1 aromatic heterocycles. The van der Waals surface area contributed by atoms with Crippen LogP contribution in [-0.4, -0.2) is 18.0 Å². The second-order valence-electron chi connectivity index (χ2n) is 3.00. The molecule has 1 aromatic carbocycles. The van der Waals surface area contributed by atoms with Gasteiger partial charge >= 0.3 is 0 Å². The van der Waals surface area contributed by atoms with Gasteiger partial charge in [-0.2, -0.15) is 0 Å². The van der Waals surface area contributed by atoms with E-state index in [0.717, 1.165) is 5.56 Å². The molecule has 0 aliphatic rings. The Bertz CT molecular complexity index is 425. The second kappa shape index (κ2) is 3.05. The van der Waals surface area contributed by atoms with Gasteiger partial charge in [0.05, 0.1) is 0 Å². The van der Waals surface area contributed by atoms with Gasteiger partial charge in [-0.25, -0.2) is 0 Å². The van der Waals surface area contributed by atoms with E-state index in [4.69, 9.17) is 4.42 Å². The van der Waals surface area contributed by atoms with Gasteiger partial charge < -0.3 is 4.42 Å². The first-order valence-corrected chi connectivity index (χ1v) is 4.13. The van der Waals surface area contributed by atoms with E-state index < -0.39 is 0 Å². The number of hydrogen-bond acceptors (Lipinski definition) is 3. The number of rotatable bonds is 1. The van der Waals surface area contributed by atoms with E-state index in [2.05, 4.69) is 10.2 Å². The summed E-state index contributed by atoms with van der Waals surface area (Å²) in [6, 6.07) is 7.99. The van der Waals surface area contributed by atoms with Crippen molar-refractivity contribution in [3.05, 3.63) is 30.2 Å². The smallest absolute Gasteiger partial charge is 0.247 e. The highest BCUT2D eigenvalue weighted by molar-refractivity contribution is 6.32. The van der Waals surface area contributed by atoms with Crippen LogP contribution in [0.5, 0.6) is 0 Å². The molecule has 0 saturated heterocycles. The lowest BCUT2D eigenvalue weighted by Gasteiger charge is -1.95. The third-order valence-corrected chi connectivity index (χ3v) is 1.79. The molecule has 0 fully saturated rings. The lowest BCUT2D eigenvalue weighted by Crippen LogP contribution is -2.00. The Hall–Kier alpha value is -1.58. The first-order valence-electron chi connectivity index (χ1n) is 4.13. The van der Waals surface area contributed by atoms with Crippen molar-refractivity contribution in [2.24, 2.45) is 0 Å². The molecule has 0 spiro atoms. The maximum absolute atomic E-state index is 5.30. The Labute approximate surface area is 77.2 Å². The molecular formula is C9H9BN2O. The van der Waals surface area contributed by atoms with E-state index in [1.807, 2.05) is 32.1 Å². The van der Waals surface area contributed by atoms with Crippen molar-refractivity contribution < 1.29 is 4.42 Å². The van der Waals surface area contributed by atoms with Crippen LogP contribution in [-0.2, 0) is 0 Å². The van der Waals surface area contributed by atoms with Crippen LogP contribution in [0, 0.1) is 6.92 Å². The molecule has 4 heteroatoms. The van der Waals surface area contributed by atoms with E-state index in [1.54, 1.807) is 6.92 Å². The molecule has 13 heavy (non-hydrogen) atoms. The van der Waals surface area contributed by atoms with Crippen molar-refractivity contribution in [2.75, 3.05) is 0 Å². The van der Waals surface area contributed by atoms with E-state index in [1.165, 1.54) is 5.46 Å². The zero-order valence-electron chi connectivity index (χ0n) is 7.61. The molecule has 0 atom stereocenters. The number of aryl methyl sites for hydroxylation is 1. The fraction of sp³-hybridized carbons (Fsp3) is 0.111. The minimum Gasteiger partial charge on any atom is -0.421 e. The quantitative estimate of drug-likeness (QED) is 0.580. The molecule has 0 amide bonds. The summed E-state index contributed by atoms with van der Waals surface area (Å²) in [5.74, 6) is 1.18. The maximum Gasteiger partial charge on any atom is 0.247 e. The van der Waals surface area contributed by atoms with Gasteiger partial charge in [0.2, 0.25) is 11.8 Å². The maximum atomic E-state index is 5.30. The number of aromatic nitrogens is 2. The van der Waals surface area contributed by atoms with Crippen molar-refractivity contribution in [3.8, 4) is 11.5 Å². The molecule has 0 aliphatic carbocycles. The summed E-state index contributed by atoms with van der Waals surface area (Å²) >= 11 is 0. The predicted octanol–water partition coefficient (Wildman–Crippen LogP) is 0.303. The Morgan fingerprint density at radius 3 is 2.77 bits per heavy atom. The summed E-state index contributed by atoms with van der Waals surface area (Å²) < 4.78 is 5.30. The van der Waals surface area contributed by atoms with E-state index in [-0.39, 0.29) is 0 Å². The molecule has 0 radical (unpaired) electrons. The Morgan fingerprint density at radius 1 is 1.31 bits per heavy atom. The van der Waals surface area contributed by atoms with Crippen molar-refractivity contribution in [1.29, 1.82) is 0 Å². The van der Waals surface area contributed by atoms with Gasteiger partial charge in [-0.3, -0.25) is 0 Å². The van der Waals surface area contributed by atoms with Gasteiger partial charge in [0.25, 0.3) is 0 Å². The van der Waals surface area contributed by atoms with Crippen LogP contribution in [0.1, 0.15) is 5.89 Å². The van der Waals surface area contributed by atoms with E-state index in [9.17, 15) is 0 Å². The van der Waals surface area contributed by atoms with Gasteiger partial charge in [0.1, 0.15) is 7.85 Å². The minimum atomic E-state index is 0.584. The summed E-state index contributed by atoms with van der Waals surface area (Å²) in [7, 11) is 2.03. The average molecular weight is 172 g/mol. The SMILES string of the molecule is Bc1cccc(-c2nnc(C)o2)c1. The zero-order chi connectivity index (χ0) is 9.26. The molecule has 3 nitrogen and oxygen atoms in total. The summed E-state index contributed by atoms with van der Waals surface area (Å²) in [5, 5.41) is 7.72. The number of hydrogen-bond donors (Lipinski definition) is 0. The molecule has 2 rings (SSSR count). The third-order valence-electron chi connectivity index (χ3n) is 1.79. The fourth-order valence-electron chi connectivity index (χ4n) is 1.19. The monoisotopic (exact) mass is 172 g/mol. The Balaban J connectivity index is 2.46. The topological polar surface area (TPSA) is 38.9 Å². The number of benzene rings is 1. The normalized spacial score (nSPS) is 10.2. The average Bonchev–Trinajstić information content (AvgIpc) is 2.52. The van der Waals surface area contributed by atoms with Crippen LogP contribution in [0.15, 0.2) is 28.7 Å². The molecule has 0 aliphatic heterocycles.